The molecule has 0 unspecified atom stereocenters. The molecule has 1 saturated carbocycles. The van der Waals surface area contributed by atoms with Crippen LogP contribution in [0.1, 0.15) is 59.8 Å². The molecule has 0 aliphatic heterocycles. The maximum absolute atomic E-state index is 12.6. The second kappa shape index (κ2) is 7.81. The Bertz CT molecular complexity index is 386. The number of nitrogens with zero attached hydrogens (tertiary/aromatic N) is 2. The molecule has 0 radical (unpaired) electrons. The molecule has 0 saturated heterocycles. The molecular formula is C16H30N2O4. The van der Waals surface area contributed by atoms with Gasteiger partial charge in [0.1, 0.15) is 11.6 Å². The molecule has 0 aromatic heterocycles. The minimum absolute atomic E-state index is 0.0979. The molecule has 1 atom stereocenters. The van der Waals surface area contributed by atoms with Crippen LogP contribution in [0.4, 0.5) is 4.79 Å². The highest BCUT2D eigenvalue weighted by Crippen LogP contribution is 2.24. The van der Waals surface area contributed by atoms with Crippen LogP contribution in [-0.2, 0) is 14.4 Å². The molecule has 1 fully saturated rings. The van der Waals surface area contributed by atoms with E-state index in [4.69, 9.17) is 9.57 Å². The van der Waals surface area contributed by atoms with Crippen LogP contribution in [-0.4, -0.2) is 53.8 Å². The standard InChI is InChI=1S/C16H30N2O4/c1-12(17(5)15(20)22-16(2,3)4)14(19)18(21-6)13-10-8-7-9-11-13/h12-13H,7-11H2,1-6H3/t12-/m0/s1. The molecule has 0 aromatic rings. The smallest absolute Gasteiger partial charge is 0.410 e. The van der Waals surface area contributed by atoms with E-state index in [0.29, 0.717) is 0 Å². The fourth-order valence-corrected chi connectivity index (χ4v) is 2.58. The van der Waals surface area contributed by atoms with E-state index in [1.807, 2.05) is 0 Å². The number of carbonyl (C=O) groups excluding carboxylic acids is 2. The molecule has 6 heteroatoms. The summed E-state index contributed by atoms with van der Waals surface area (Å²) in [5.74, 6) is -0.206. The molecule has 2 amide bonds. The van der Waals surface area contributed by atoms with Crippen LogP contribution in [0.5, 0.6) is 0 Å². The van der Waals surface area contributed by atoms with E-state index in [1.54, 1.807) is 34.7 Å². The monoisotopic (exact) mass is 314 g/mol. The van der Waals surface area contributed by atoms with Crippen LogP contribution in [0, 0.1) is 0 Å². The highest BCUT2D eigenvalue weighted by atomic mass is 16.7. The van der Waals surface area contributed by atoms with Crippen molar-refractivity contribution in [1.29, 1.82) is 0 Å². The van der Waals surface area contributed by atoms with Gasteiger partial charge in [0.25, 0.3) is 5.91 Å². The normalized spacial score (nSPS) is 17.7. The zero-order chi connectivity index (χ0) is 16.9. The van der Waals surface area contributed by atoms with E-state index < -0.39 is 17.7 Å². The Kier molecular flexibility index (Phi) is 6.66. The number of carbonyl (C=O) groups is 2. The lowest BCUT2D eigenvalue weighted by molar-refractivity contribution is -0.195. The summed E-state index contributed by atoms with van der Waals surface area (Å²) in [5.41, 5.74) is -0.585. The van der Waals surface area contributed by atoms with Crippen LogP contribution in [0.3, 0.4) is 0 Å². The molecule has 6 nitrogen and oxygen atoms in total. The Morgan fingerprint density at radius 3 is 2.14 bits per heavy atom. The molecule has 0 bridgehead atoms. The molecule has 0 heterocycles. The zero-order valence-electron chi connectivity index (χ0n) is 14.7. The fourth-order valence-electron chi connectivity index (χ4n) is 2.58. The van der Waals surface area contributed by atoms with Crippen LogP contribution >= 0.6 is 0 Å². The predicted octanol–water partition coefficient (Wildman–Crippen LogP) is 2.96. The molecule has 22 heavy (non-hydrogen) atoms. The topological polar surface area (TPSA) is 59.1 Å². The van der Waals surface area contributed by atoms with Crippen molar-refractivity contribution < 1.29 is 19.2 Å². The SMILES string of the molecule is CON(C(=O)[C@H](C)N(C)C(=O)OC(C)(C)C)C1CCCCC1. The summed E-state index contributed by atoms with van der Waals surface area (Å²) in [6.07, 6.45) is 4.80. The van der Waals surface area contributed by atoms with Crippen LogP contribution in [0.2, 0.25) is 0 Å². The van der Waals surface area contributed by atoms with Crippen molar-refractivity contribution in [3.63, 3.8) is 0 Å². The van der Waals surface area contributed by atoms with Crippen molar-refractivity contribution in [3.8, 4) is 0 Å². The summed E-state index contributed by atoms with van der Waals surface area (Å²) in [6.45, 7) is 7.10. The van der Waals surface area contributed by atoms with Crippen molar-refractivity contribution in [2.24, 2.45) is 0 Å². The number of hydrogen-bond donors (Lipinski definition) is 0. The van der Waals surface area contributed by atoms with Crippen molar-refractivity contribution in [1.82, 2.24) is 9.96 Å². The van der Waals surface area contributed by atoms with Gasteiger partial charge >= 0.3 is 6.09 Å². The number of ether oxygens (including phenoxy) is 1. The van der Waals surface area contributed by atoms with Gasteiger partial charge in [-0.3, -0.25) is 14.5 Å². The van der Waals surface area contributed by atoms with Crippen molar-refractivity contribution >= 4 is 12.0 Å². The summed E-state index contributed by atoms with van der Waals surface area (Å²) in [4.78, 5) is 31.4. The Hall–Kier alpha value is -1.30. The minimum atomic E-state index is -0.628. The molecule has 0 aromatic carbocycles. The summed E-state index contributed by atoms with van der Waals surface area (Å²) in [6, 6.07) is -0.530. The van der Waals surface area contributed by atoms with Crippen LogP contribution in [0.15, 0.2) is 0 Å². The van der Waals surface area contributed by atoms with Gasteiger partial charge in [-0.05, 0) is 40.5 Å². The predicted molar refractivity (Wildman–Crippen MR) is 84.2 cm³/mol. The van der Waals surface area contributed by atoms with Gasteiger partial charge in [-0.15, -0.1) is 0 Å². The third-order valence-corrected chi connectivity index (χ3v) is 3.94. The number of amides is 2. The van der Waals surface area contributed by atoms with Gasteiger partial charge in [0.2, 0.25) is 0 Å². The largest absolute Gasteiger partial charge is 0.444 e. The van der Waals surface area contributed by atoms with Crippen LogP contribution < -0.4 is 0 Å². The number of hydrogen-bond acceptors (Lipinski definition) is 4. The molecule has 0 N–H and O–H groups in total. The summed E-state index contributed by atoms with van der Waals surface area (Å²) < 4.78 is 5.31. The Balaban J connectivity index is 2.70. The highest BCUT2D eigenvalue weighted by Gasteiger charge is 2.33. The molecule has 1 aliphatic rings. The van der Waals surface area contributed by atoms with Gasteiger partial charge in [-0.25, -0.2) is 9.86 Å². The summed E-state index contributed by atoms with van der Waals surface area (Å²) >= 11 is 0. The lowest BCUT2D eigenvalue weighted by atomic mass is 9.95. The maximum atomic E-state index is 12.6. The Morgan fingerprint density at radius 2 is 1.68 bits per heavy atom. The quantitative estimate of drug-likeness (QED) is 0.749. The van der Waals surface area contributed by atoms with Crippen molar-refractivity contribution in [2.45, 2.75) is 77.5 Å². The Morgan fingerprint density at radius 1 is 1.14 bits per heavy atom. The van der Waals surface area contributed by atoms with Gasteiger partial charge in [0, 0.05) is 7.05 Å². The van der Waals surface area contributed by atoms with E-state index in [-0.39, 0.29) is 11.9 Å². The Labute approximate surface area is 133 Å². The summed E-state index contributed by atoms with van der Waals surface area (Å²) in [7, 11) is 3.08. The van der Waals surface area contributed by atoms with Crippen molar-refractivity contribution in [2.75, 3.05) is 14.2 Å². The van der Waals surface area contributed by atoms with Crippen molar-refractivity contribution in [3.05, 3.63) is 0 Å². The molecule has 0 spiro atoms. The number of likely N-dealkylation sites (N-methyl/N-ethyl adjacent to an activating group) is 1. The zero-order valence-corrected chi connectivity index (χ0v) is 14.7. The second-order valence-corrected chi connectivity index (χ2v) is 6.91. The van der Waals surface area contributed by atoms with Gasteiger partial charge < -0.3 is 4.74 Å². The average molecular weight is 314 g/mol. The van der Waals surface area contributed by atoms with E-state index in [2.05, 4.69) is 0 Å². The van der Waals surface area contributed by atoms with Gasteiger partial charge in [0.05, 0.1) is 13.2 Å². The lowest BCUT2D eigenvalue weighted by Gasteiger charge is -2.36. The van der Waals surface area contributed by atoms with Gasteiger partial charge in [-0.2, -0.15) is 0 Å². The molecule has 128 valence electrons. The molecular weight excluding hydrogens is 284 g/mol. The van der Waals surface area contributed by atoms with Crippen LogP contribution in [0.25, 0.3) is 0 Å². The molecule has 1 rings (SSSR count). The number of hydroxylamine groups is 2. The molecule has 1 aliphatic carbocycles. The first kappa shape index (κ1) is 18.7. The highest BCUT2D eigenvalue weighted by molar-refractivity contribution is 5.84. The maximum Gasteiger partial charge on any atom is 0.410 e. The van der Waals surface area contributed by atoms with E-state index in [9.17, 15) is 9.59 Å². The van der Waals surface area contributed by atoms with Gasteiger partial charge in [-0.1, -0.05) is 19.3 Å². The first-order valence-electron chi connectivity index (χ1n) is 8.00. The average Bonchev–Trinajstić information content (AvgIpc) is 2.45. The lowest BCUT2D eigenvalue weighted by Crippen LogP contribution is -2.51. The minimum Gasteiger partial charge on any atom is -0.444 e. The van der Waals surface area contributed by atoms with E-state index in [1.165, 1.54) is 23.5 Å². The fraction of sp³-hybridized carbons (Fsp3) is 0.875. The second-order valence-electron chi connectivity index (χ2n) is 6.91. The summed E-state index contributed by atoms with van der Waals surface area (Å²) in [5, 5.41) is 1.44. The third kappa shape index (κ3) is 5.16. The third-order valence-electron chi connectivity index (χ3n) is 3.94. The first-order chi connectivity index (χ1) is 10.2. The van der Waals surface area contributed by atoms with E-state index >= 15 is 0 Å². The van der Waals surface area contributed by atoms with Gasteiger partial charge in [0.15, 0.2) is 0 Å². The first-order valence-corrected chi connectivity index (χ1v) is 8.00. The van der Waals surface area contributed by atoms with E-state index in [0.717, 1.165) is 25.7 Å². The number of rotatable bonds is 4.